The second-order valence-electron chi connectivity index (χ2n) is 4.88. The molecular formula is C17H19ClN2O2S. The maximum atomic E-state index is 12.6. The van der Waals surface area contributed by atoms with Crippen LogP contribution >= 0.6 is 11.6 Å². The van der Waals surface area contributed by atoms with Crippen LogP contribution in [-0.2, 0) is 10.0 Å². The van der Waals surface area contributed by atoms with Crippen molar-refractivity contribution in [2.24, 2.45) is 4.40 Å². The first-order chi connectivity index (χ1) is 11.0. The van der Waals surface area contributed by atoms with Gasteiger partial charge in [-0.1, -0.05) is 29.8 Å². The average Bonchev–Trinajstić information content (AvgIpc) is 2.56. The molecule has 0 bridgehead atoms. The minimum absolute atomic E-state index is 0.179. The number of amidine groups is 1. The van der Waals surface area contributed by atoms with E-state index in [0.29, 0.717) is 23.9 Å². The molecule has 0 amide bonds. The summed E-state index contributed by atoms with van der Waals surface area (Å²) in [6.07, 6.45) is 0. The second-order valence-corrected chi connectivity index (χ2v) is 6.92. The van der Waals surface area contributed by atoms with E-state index >= 15 is 0 Å². The highest BCUT2D eigenvalue weighted by molar-refractivity contribution is 7.90. The van der Waals surface area contributed by atoms with Crippen molar-refractivity contribution in [1.82, 2.24) is 4.90 Å². The SMILES string of the molecule is CCN(CC)/C(=N/S(=O)(=O)c1ccccc1)c1ccc(Cl)cc1. The van der Waals surface area contributed by atoms with Gasteiger partial charge < -0.3 is 4.90 Å². The minimum Gasteiger partial charge on any atom is -0.356 e. The molecule has 0 aliphatic carbocycles. The number of halogens is 1. The summed E-state index contributed by atoms with van der Waals surface area (Å²) in [5, 5.41) is 0.596. The topological polar surface area (TPSA) is 49.7 Å². The third kappa shape index (κ3) is 4.33. The highest BCUT2D eigenvalue weighted by Gasteiger charge is 2.18. The van der Waals surface area contributed by atoms with E-state index in [-0.39, 0.29) is 4.90 Å². The van der Waals surface area contributed by atoms with Crippen LogP contribution in [0.5, 0.6) is 0 Å². The maximum Gasteiger partial charge on any atom is 0.284 e. The molecule has 0 N–H and O–H groups in total. The monoisotopic (exact) mass is 350 g/mol. The third-order valence-corrected chi connectivity index (χ3v) is 4.95. The van der Waals surface area contributed by atoms with Crippen molar-refractivity contribution < 1.29 is 8.42 Å². The van der Waals surface area contributed by atoms with Gasteiger partial charge in [-0.2, -0.15) is 8.42 Å². The van der Waals surface area contributed by atoms with Crippen molar-refractivity contribution in [3.63, 3.8) is 0 Å². The first-order valence-electron chi connectivity index (χ1n) is 7.38. The van der Waals surface area contributed by atoms with Crippen LogP contribution < -0.4 is 0 Å². The van der Waals surface area contributed by atoms with Crippen LogP contribution in [0.15, 0.2) is 63.9 Å². The molecule has 2 rings (SSSR count). The molecule has 0 radical (unpaired) electrons. The minimum atomic E-state index is -3.77. The Labute approximate surface area is 142 Å². The standard InChI is InChI=1S/C17H19ClN2O2S/c1-3-20(4-2)17(14-10-12-15(18)13-11-14)19-23(21,22)16-8-6-5-7-9-16/h5-13H,3-4H2,1-2H3/b19-17+. The van der Waals surface area contributed by atoms with Crippen molar-refractivity contribution in [3.05, 3.63) is 65.2 Å². The van der Waals surface area contributed by atoms with E-state index in [9.17, 15) is 8.42 Å². The van der Waals surface area contributed by atoms with Gasteiger partial charge in [0.15, 0.2) is 0 Å². The summed E-state index contributed by atoms with van der Waals surface area (Å²) in [4.78, 5) is 2.09. The Morgan fingerprint density at radius 2 is 1.57 bits per heavy atom. The van der Waals surface area contributed by atoms with E-state index in [1.54, 1.807) is 54.6 Å². The lowest BCUT2D eigenvalue weighted by molar-refractivity contribution is 0.467. The molecule has 0 saturated carbocycles. The largest absolute Gasteiger partial charge is 0.356 e. The van der Waals surface area contributed by atoms with Crippen molar-refractivity contribution in [3.8, 4) is 0 Å². The smallest absolute Gasteiger partial charge is 0.284 e. The Morgan fingerprint density at radius 3 is 2.09 bits per heavy atom. The number of benzene rings is 2. The molecule has 4 nitrogen and oxygen atoms in total. The van der Waals surface area contributed by atoms with Crippen LogP contribution in [0, 0.1) is 0 Å². The van der Waals surface area contributed by atoms with E-state index in [1.165, 1.54) is 0 Å². The van der Waals surface area contributed by atoms with Crippen LogP contribution in [0.1, 0.15) is 19.4 Å². The Balaban J connectivity index is 2.55. The lowest BCUT2D eigenvalue weighted by Gasteiger charge is -2.23. The normalized spacial score (nSPS) is 12.2. The first-order valence-corrected chi connectivity index (χ1v) is 9.20. The van der Waals surface area contributed by atoms with E-state index in [4.69, 9.17) is 11.6 Å². The van der Waals surface area contributed by atoms with E-state index in [1.807, 2.05) is 18.7 Å². The molecule has 0 atom stereocenters. The Bertz CT molecular complexity index is 768. The fraction of sp³-hybridized carbons (Fsp3) is 0.235. The summed E-state index contributed by atoms with van der Waals surface area (Å²) in [5.74, 6) is 0.426. The second kappa shape index (κ2) is 7.62. The van der Waals surface area contributed by atoms with Gasteiger partial charge in [-0.15, -0.1) is 4.40 Å². The molecule has 0 fully saturated rings. The number of hydrogen-bond acceptors (Lipinski definition) is 2. The van der Waals surface area contributed by atoms with Crippen LogP contribution in [0.4, 0.5) is 0 Å². The Morgan fingerprint density at radius 1 is 1.00 bits per heavy atom. The molecule has 0 spiro atoms. The summed E-state index contributed by atoms with van der Waals surface area (Å²) in [6, 6.07) is 15.2. The molecule has 0 unspecified atom stereocenters. The maximum absolute atomic E-state index is 12.6. The summed E-state index contributed by atoms with van der Waals surface area (Å²) >= 11 is 5.92. The van der Waals surface area contributed by atoms with Crippen LogP contribution in [0.3, 0.4) is 0 Å². The number of nitrogens with zero attached hydrogens (tertiary/aromatic N) is 2. The van der Waals surface area contributed by atoms with Gasteiger partial charge in [0.05, 0.1) is 4.90 Å². The zero-order valence-electron chi connectivity index (χ0n) is 13.1. The molecule has 0 aliphatic rings. The zero-order chi connectivity index (χ0) is 16.9. The molecule has 0 saturated heterocycles. The van der Waals surface area contributed by atoms with Crippen molar-refractivity contribution in [1.29, 1.82) is 0 Å². The van der Waals surface area contributed by atoms with Gasteiger partial charge in [0.1, 0.15) is 5.84 Å². The van der Waals surface area contributed by atoms with Gasteiger partial charge in [0.2, 0.25) is 0 Å². The summed E-state index contributed by atoms with van der Waals surface area (Å²) in [5.41, 5.74) is 0.720. The van der Waals surface area contributed by atoms with Gasteiger partial charge in [0.25, 0.3) is 10.0 Å². The molecule has 0 aromatic heterocycles. The molecule has 0 heterocycles. The van der Waals surface area contributed by atoms with Gasteiger partial charge in [-0.25, -0.2) is 0 Å². The molecular weight excluding hydrogens is 332 g/mol. The predicted molar refractivity (Wildman–Crippen MR) is 94.5 cm³/mol. The van der Waals surface area contributed by atoms with E-state index in [0.717, 1.165) is 5.56 Å². The van der Waals surface area contributed by atoms with Crippen molar-refractivity contribution in [2.75, 3.05) is 13.1 Å². The van der Waals surface area contributed by atoms with E-state index in [2.05, 4.69) is 4.40 Å². The Kier molecular flexibility index (Phi) is 5.80. The van der Waals surface area contributed by atoms with Gasteiger partial charge in [-0.3, -0.25) is 0 Å². The molecule has 0 aliphatic heterocycles. The van der Waals surface area contributed by atoms with Crippen LogP contribution in [0.2, 0.25) is 5.02 Å². The summed E-state index contributed by atoms with van der Waals surface area (Å²) in [7, 11) is -3.77. The van der Waals surface area contributed by atoms with Crippen molar-refractivity contribution >= 4 is 27.5 Å². The quantitative estimate of drug-likeness (QED) is 0.608. The predicted octanol–water partition coefficient (Wildman–Crippen LogP) is 3.82. The first kappa shape index (κ1) is 17.5. The lowest BCUT2D eigenvalue weighted by Crippen LogP contribution is -2.32. The van der Waals surface area contributed by atoms with Crippen molar-refractivity contribution in [2.45, 2.75) is 18.7 Å². The third-order valence-electron chi connectivity index (χ3n) is 3.41. The fourth-order valence-corrected chi connectivity index (χ4v) is 3.36. The van der Waals surface area contributed by atoms with Gasteiger partial charge in [0, 0.05) is 23.7 Å². The number of rotatable bonds is 5. The lowest BCUT2D eigenvalue weighted by atomic mass is 10.2. The van der Waals surface area contributed by atoms with Crippen LogP contribution in [-0.4, -0.2) is 32.2 Å². The molecule has 23 heavy (non-hydrogen) atoms. The van der Waals surface area contributed by atoms with Crippen LogP contribution in [0.25, 0.3) is 0 Å². The highest BCUT2D eigenvalue weighted by Crippen LogP contribution is 2.17. The number of hydrogen-bond donors (Lipinski definition) is 0. The fourth-order valence-electron chi connectivity index (χ4n) is 2.17. The van der Waals surface area contributed by atoms with E-state index < -0.39 is 10.0 Å². The zero-order valence-corrected chi connectivity index (χ0v) is 14.7. The molecule has 122 valence electrons. The molecule has 2 aromatic carbocycles. The average molecular weight is 351 g/mol. The molecule has 6 heteroatoms. The highest BCUT2D eigenvalue weighted by atomic mass is 35.5. The number of sulfonamides is 1. The van der Waals surface area contributed by atoms with Gasteiger partial charge >= 0.3 is 0 Å². The summed E-state index contributed by atoms with van der Waals surface area (Å²) < 4.78 is 29.3. The van der Waals surface area contributed by atoms with Gasteiger partial charge in [-0.05, 0) is 50.2 Å². The summed E-state index contributed by atoms with van der Waals surface area (Å²) in [6.45, 7) is 5.23. The molecule has 2 aromatic rings. The Hall–Kier alpha value is -1.85.